The molecule has 2 aromatic rings. The fraction of sp³-hybridized carbons (Fsp3) is 0.613. The summed E-state index contributed by atoms with van der Waals surface area (Å²) in [5.74, 6) is 0.429. The number of ether oxygens (including phenoxy) is 1. The molecule has 3 heterocycles. The van der Waals surface area contributed by atoms with E-state index in [4.69, 9.17) is 26.3 Å². The Balaban J connectivity index is 1.66. The van der Waals surface area contributed by atoms with E-state index < -0.39 is 11.7 Å². The lowest BCUT2D eigenvalue weighted by atomic mass is 9.87. The molecule has 1 aromatic heterocycles. The highest BCUT2D eigenvalue weighted by Gasteiger charge is 2.41. The molecule has 0 aliphatic carbocycles. The highest BCUT2D eigenvalue weighted by Crippen LogP contribution is 2.36. The van der Waals surface area contributed by atoms with E-state index in [1.54, 1.807) is 24.2 Å². The second-order valence-electron chi connectivity index (χ2n) is 11.8. The van der Waals surface area contributed by atoms with Gasteiger partial charge in [0.25, 0.3) is 0 Å². The molecule has 242 valence electrons. The molecule has 9 nitrogen and oxygen atoms in total. The predicted molar refractivity (Wildman–Crippen MR) is 164 cm³/mol. The van der Waals surface area contributed by atoms with Crippen LogP contribution in [0.2, 0.25) is 5.02 Å². The molecule has 2 aliphatic heterocycles. The molecule has 0 saturated carbocycles. The molecule has 0 spiro atoms. The van der Waals surface area contributed by atoms with Crippen LogP contribution in [0.25, 0.3) is 0 Å². The van der Waals surface area contributed by atoms with Crippen LogP contribution in [0.1, 0.15) is 71.4 Å². The van der Waals surface area contributed by atoms with E-state index in [-0.39, 0.29) is 47.8 Å². The Hall–Kier alpha value is -3.28. The van der Waals surface area contributed by atoms with Crippen molar-refractivity contribution in [3.8, 4) is 0 Å². The van der Waals surface area contributed by atoms with Crippen molar-refractivity contribution in [3.63, 3.8) is 0 Å². The van der Waals surface area contributed by atoms with E-state index in [1.807, 2.05) is 37.5 Å². The van der Waals surface area contributed by atoms with Crippen LogP contribution >= 0.6 is 11.6 Å². The van der Waals surface area contributed by atoms with Gasteiger partial charge in [-0.3, -0.25) is 4.79 Å². The highest BCUT2D eigenvalue weighted by molar-refractivity contribution is 6.30. The molecule has 0 N–H and O–H groups in total. The minimum Gasteiger partial charge on any atom is -0.447 e. The lowest BCUT2D eigenvalue weighted by Crippen LogP contribution is -2.57. The number of hydrogen-bond donors (Lipinski definition) is 0. The maximum absolute atomic E-state index is 13.7. The monoisotopic (exact) mass is 638 g/mol. The lowest BCUT2D eigenvalue weighted by molar-refractivity contribution is -0.137. The lowest BCUT2D eigenvalue weighted by Gasteiger charge is -2.47. The van der Waals surface area contributed by atoms with E-state index >= 15 is 0 Å². The Labute approximate surface area is 262 Å². The average Bonchev–Trinajstić information content (AvgIpc) is 2.98. The number of benzene rings is 1. The van der Waals surface area contributed by atoms with Crippen LogP contribution in [-0.2, 0) is 22.3 Å². The number of rotatable bonds is 8. The first-order valence-electron chi connectivity index (χ1n) is 15.2. The van der Waals surface area contributed by atoms with Crippen molar-refractivity contribution in [1.29, 1.82) is 0 Å². The fourth-order valence-electron chi connectivity index (χ4n) is 6.16. The largest absolute Gasteiger partial charge is 0.447 e. The van der Waals surface area contributed by atoms with E-state index in [1.165, 1.54) is 6.07 Å². The highest BCUT2D eigenvalue weighted by atomic mass is 35.5. The average molecular weight is 639 g/mol. The Morgan fingerprint density at radius 3 is 2.11 bits per heavy atom. The third-order valence-corrected chi connectivity index (χ3v) is 8.63. The summed E-state index contributed by atoms with van der Waals surface area (Å²) in [7, 11) is 0. The molecule has 4 rings (SSSR count). The Kier molecular flexibility index (Phi) is 10.9. The standard InChI is InChI=1S/C31H42ClF3N6O3/c1-6-25-15-27(16-26(7-2)41(25)30(43)44-20(3)4)40(19-22-12-23(31(33,34)35)14-24(32)13-22)29-36-17-28(18-37-29)39-10-8-38(9-11-39)21(5)42/h12-14,17-18,20,25-27H,6-11,15-16,19H2,1-5H3/t25-,26+,27?. The number of carbonyl (C=O) groups excluding carboxylic acids is 2. The zero-order valence-electron chi connectivity index (χ0n) is 26.0. The van der Waals surface area contributed by atoms with Gasteiger partial charge in [0.05, 0.1) is 29.7 Å². The number of likely N-dealkylation sites (tertiary alicyclic amines) is 1. The fourth-order valence-corrected chi connectivity index (χ4v) is 6.42. The first-order chi connectivity index (χ1) is 20.8. The van der Waals surface area contributed by atoms with Crippen LogP contribution in [0.3, 0.4) is 0 Å². The molecule has 2 fully saturated rings. The summed E-state index contributed by atoms with van der Waals surface area (Å²) in [5, 5.41) is -0.000126. The first kappa shape index (κ1) is 33.6. The van der Waals surface area contributed by atoms with E-state index in [0.29, 0.717) is 63.4 Å². The molecule has 0 bridgehead atoms. The van der Waals surface area contributed by atoms with Gasteiger partial charge < -0.3 is 24.3 Å². The molecule has 44 heavy (non-hydrogen) atoms. The summed E-state index contributed by atoms with van der Waals surface area (Å²) in [4.78, 5) is 41.9. The van der Waals surface area contributed by atoms with Crippen LogP contribution in [0.15, 0.2) is 30.6 Å². The van der Waals surface area contributed by atoms with Gasteiger partial charge in [-0.1, -0.05) is 25.4 Å². The molecule has 1 aromatic carbocycles. The van der Waals surface area contributed by atoms with E-state index in [2.05, 4.69) is 4.90 Å². The van der Waals surface area contributed by atoms with Crippen molar-refractivity contribution in [3.05, 3.63) is 46.7 Å². The van der Waals surface area contributed by atoms with Crippen molar-refractivity contribution in [1.82, 2.24) is 19.8 Å². The maximum atomic E-state index is 13.7. The summed E-state index contributed by atoms with van der Waals surface area (Å²) in [6, 6.07) is 3.16. The number of piperazine rings is 1. The predicted octanol–water partition coefficient (Wildman–Crippen LogP) is 6.39. The van der Waals surface area contributed by atoms with Gasteiger partial charge >= 0.3 is 12.3 Å². The number of halogens is 4. The maximum Gasteiger partial charge on any atom is 0.416 e. The van der Waals surface area contributed by atoms with Crippen LogP contribution in [0.4, 0.5) is 29.6 Å². The zero-order chi connectivity index (χ0) is 32.2. The van der Waals surface area contributed by atoms with Crippen molar-refractivity contribution < 1.29 is 27.5 Å². The second kappa shape index (κ2) is 14.2. The smallest absolute Gasteiger partial charge is 0.416 e. The second-order valence-corrected chi connectivity index (χ2v) is 12.2. The van der Waals surface area contributed by atoms with Gasteiger partial charge in [-0.25, -0.2) is 14.8 Å². The van der Waals surface area contributed by atoms with Gasteiger partial charge in [0.15, 0.2) is 0 Å². The van der Waals surface area contributed by atoms with Gasteiger partial charge in [-0.2, -0.15) is 13.2 Å². The summed E-state index contributed by atoms with van der Waals surface area (Å²) < 4.78 is 46.6. The number of amides is 2. The minimum absolute atomic E-state index is 0.000126. The normalized spacial score (nSPS) is 21.0. The van der Waals surface area contributed by atoms with Crippen molar-refractivity contribution in [2.24, 2.45) is 0 Å². The molecule has 2 amide bonds. The first-order valence-corrected chi connectivity index (χ1v) is 15.6. The zero-order valence-corrected chi connectivity index (χ0v) is 26.7. The Bertz CT molecular complexity index is 1270. The third-order valence-electron chi connectivity index (χ3n) is 8.42. The molecule has 3 atom stereocenters. The van der Waals surface area contributed by atoms with Crippen LogP contribution in [-0.4, -0.2) is 82.2 Å². The minimum atomic E-state index is -4.54. The van der Waals surface area contributed by atoms with E-state index in [9.17, 15) is 22.8 Å². The Morgan fingerprint density at radius 1 is 1.02 bits per heavy atom. The molecule has 13 heteroatoms. The molecule has 2 saturated heterocycles. The molecular formula is C31H42ClF3N6O3. The van der Waals surface area contributed by atoms with Crippen molar-refractivity contribution in [2.75, 3.05) is 36.0 Å². The van der Waals surface area contributed by atoms with E-state index in [0.717, 1.165) is 17.8 Å². The van der Waals surface area contributed by atoms with Gasteiger partial charge in [-0.05, 0) is 63.3 Å². The summed E-state index contributed by atoms with van der Waals surface area (Å²) in [6.07, 6.45) is 0.829. The van der Waals surface area contributed by atoms with Crippen molar-refractivity contribution in [2.45, 2.75) is 97.3 Å². The van der Waals surface area contributed by atoms with Crippen LogP contribution < -0.4 is 9.80 Å². The van der Waals surface area contributed by atoms with Crippen LogP contribution in [0.5, 0.6) is 0 Å². The number of piperidine rings is 1. The number of carbonyl (C=O) groups is 2. The van der Waals surface area contributed by atoms with Crippen LogP contribution in [0, 0.1) is 0 Å². The quantitative estimate of drug-likeness (QED) is 0.331. The van der Waals surface area contributed by atoms with Gasteiger partial charge in [0.2, 0.25) is 11.9 Å². The number of aromatic nitrogens is 2. The topological polar surface area (TPSA) is 82.1 Å². The number of hydrogen-bond acceptors (Lipinski definition) is 7. The Morgan fingerprint density at radius 2 is 1.61 bits per heavy atom. The molecule has 2 aliphatic rings. The summed E-state index contributed by atoms with van der Waals surface area (Å²) in [6.45, 7) is 11.8. The third kappa shape index (κ3) is 8.05. The molecular weight excluding hydrogens is 597 g/mol. The van der Waals surface area contributed by atoms with Crippen molar-refractivity contribution >= 4 is 35.2 Å². The summed E-state index contributed by atoms with van der Waals surface area (Å²) in [5.41, 5.74) is 0.383. The van der Waals surface area contributed by atoms with Gasteiger partial charge in [0, 0.05) is 62.8 Å². The number of alkyl halides is 3. The van der Waals surface area contributed by atoms with Gasteiger partial charge in [-0.15, -0.1) is 0 Å². The molecule has 1 unspecified atom stereocenters. The SMILES string of the molecule is CC[C@@H]1CC(N(Cc2cc(Cl)cc(C(F)(F)F)c2)c2ncc(N3CCN(C(C)=O)CC3)cn2)C[C@H](CC)N1C(=O)OC(C)C. The number of nitrogens with zero attached hydrogens (tertiary/aromatic N) is 6. The molecule has 0 radical (unpaired) electrons. The summed E-state index contributed by atoms with van der Waals surface area (Å²) >= 11 is 6.16. The number of anilines is 2. The van der Waals surface area contributed by atoms with Gasteiger partial charge in [0.1, 0.15) is 0 Å².